The van der Waals surface area contributed by atoms with E-state index < -0.39 is 0 Å². The summed E-state index contributed by atoms with van der Waals surface area (Å²) in [4.78, 5) is 27.7. The summed E-state index contributed by atoms with van der Waals surface area (Å²) < 4.78 is 0. The lowest BCUT2D eigenvalue weighted by Gasteiger charge is -2.32. The number of hydrogen-bond acceptors (Lipinski definition) is 3. The van der Waals surface area contributed by atoms with Crippen molar-refractivity contribution in [1.29, 1.82) is 0 Å². The van der Waals surface area contributed by atoms with Crippen LogP contribution in [0.4, 0.5) is 0 Å². The Kier molecular flexibility index (Phi) is 7.68. The van der Waals surface area contributed by atoms with Gasteiger partial charge in [-0.1, -0.05) is 41.4 Å². The standard InChI is InChI=1S/C20H20Cl2N2O2.ClH/c1-23-14-8-10-24(11-9-14)20(26)16-5-3-2-4-15(16)19(25)13-6-7-17(21)18(22)12-13;/h2-7,12,14,23H,8-11H2,1H3;1H. The largest absolute Gasteiger partial charge is 0.339 e. The highest BCUT2D eigenvalue weighted by molar-refractivity contribution is 6.42. The first-order valence-electron chi connectivity index (χ1n) is 8.56. The lowest BCUT2D eigenvalue weighted by molar-refractivity contribution is 0.0703. The molecule has 0 spiro atoms. The van der Waals surface area contributed by atoms with Gasteiger partial charge in [0.15, 0.2) is 5.78 Å². The van der Waals surface area contributed by atoms with Gasteiger partial charge in [-0.25, -0.2) is 0 Å². The molecule has 0 aromatic heterocycles. The molecule has 0 atom stereocenters. The Labute approximate surface area is 175 Å². The molecule has 0 radical (unpaired) electrons. The third-order valence-corrected chi connectivity index (χ3v) is 5.51. The van der Waals surface area contributed by atoms with Crippen LogP contribution in [0.15, 0.2) is 42.5 Å². The van der Waals surface area contributed by atoms with Crippen molar-refractivity contribution in [3.8, 4) is 0 Å². The van der Waals surface area contributed by atoms with E-state index in [0.717, 1.165) is 12.8 Å². The van der Waals surface area contributed by atoms with Gasteiger partial charge in [-0.15, -0.1) is 12.4 Å². The van der Waals surface area contributed by atoms with Gasteiger partial charge in [0.2, 0.25) is 0 Å². The maximum absolute atomic E-state index is 13.0. The monoisotopic (exact) mass is 426 g/mol. The van der Waals surface area contributed by atoms with Gasteiger partial charge < -0.3 is 10.2 Å². The molecule has 1 fully saturated rings. The van der Waals surface area contributed by atoms with Gasteiger partial charge >= 0.3 is 0 Å². The van der Waals surface area contributed by atoms with Crippen molar-refractivity contribution in [1.82, 2.24) is 10.2 Å². The predicted octanol–water partition coefficient (Wildman–Crippen LogP) is 4.47. The molecule has 0 unspecified atom stereocenters. The molecular weight excluding hydrogens is 407 g/mol. The first kappa shape index (κ1) is 21.7. The zero-order valence-electron chi connectivity index (χ0n) is 14.9. The summed E-state index contributed by atoms with van der Waals surface area (Å²) in [6.45, 7) is 1.36. The third kappa shape index (κ3) is 4.82. The van der Waals surface area contributed by atoms with E-state index in [1.54, 1.807) is 36.4 Å². The van der Waals surface area contributed by atoms with Crippen molar-refractivity contribution in [3.63, 3.8) is 0 Å². The molecule has 1 aliphatic heterocycles. The van der Waals surface area contributed by atoms with Crippen LogP contribution in [0.1, 0.15) is 39.1 Å². The molecule has 0 aliphatic carbocycles. The van der Waals surface area contributed by atoms with Crippen molar-refractivity contribution in [2.24, 2.45) is 0 Å². The van der Waals surface area contributed by atoms with Gasteiger partial charge in [-0.05, 0) is 44.2 Å². The Morgan fingerprint density at radius 3 is 2.22 bits per heavy atom. The molecule has 0 bridgehead atoms. The van der Waals surface area contributed by atoms with Crippen molar-refractivity contribution >= 4 is 47.3 Å². The molecule has 144 valence electrons. The summed E-state index contributed by atoms with van der Waals surface area (Å²) in [6.07, 6.45) is 1.82. The van der Waals surface area contributed by atoms with Gasteiger partial charge in [-0.2, -0.15) is 0 Å². The highest BCUT2D eigenvalue weighted by Crippen LogP contribution is 2.25. The number of rotatable bonds is 4. The van der Waals surface area contributed by atoms with E-state index in [4.69, 9.17) is 23.2 Å². The topological polar surface area (TPSA) is 49.4 Å². The number of likely N-dealkylation sites (tertiary alicyclic amines) is 1. The first-order chi connectivity index (χ1) is 12.5. The van der Waals surface area contributed by atoms with Crippen LogP contribution in [-0.4, -0.2) is 42.8 Å². The number of nitrogens with zero attached hydrogens (tertiary/aromatic N) is 1. The van der Waals surface area contributed by atoms with Crippen LogP contribution in [0.25, 0.3) is 0 Å². The fraction of sp³-hybridized carbons (Fsp3) is 0.300. The quantitative estimate of drug-likeness (QED) is 0.732. The summed E-state index contributed by atoms with van der Waals surface area (Å²) >= 11 is 12.0. The van der Waals surface area contributed by atoms with E-state index >= 15 is 0 Å². The molecule has 4 nitrogen and oxygen atoms in total. The van der Waals surface area contributed by atoms with Crippen molar-refractivity contribution in [3.05, 3.63) is 69.2 Å². The number of carbonyl (C=O) groups excluding carboxylic acids is 2. The number of piperidine rings is 1. The predicted molar refractivity (Wildman–Crippen MR) is 112 cm³/mol. The second kappa shape index (κ2) is 9.56. The SMILES string of the molecule is CNC1CCN(C(=O)c2ccccc2C(=O)c2ccc(Cl)c(Cl)c2)CC1.Cl. The van der Waals surface area contributed by atoms with E-state index in [1.165, 1.54) is 6.07 Å². The Morgan fingerprint density at radius 2 is 1.63 bits per heavy atom. The van der Waals surface area contributed by atoms with Crippen LogP contribution in [0, 0.1) is 0 Å². The first-order valence-corrected chi connectivity index (χ1v) is 9.32. The average Bonchev–Trinajstić information content (AvgIpc) is 2.69. The van der Waals surface area contributed by atoms with Crippen LogP contribution < -0.4 is 5.32 Å². The maximum atomic E-state index is 13.0. The zero-order chi connectivity index (χ0) is 18.7. The molecular formula is C20H21Cl3N2O2. The van der Waals surface area contributed by atoms with Gasteiger partial charge in [-0.3, -0.25) is 9.59 Å². The summed E-state index contributed by atoms with van der Waals surface area (Å²) in [6, 6.07) is 12.1. The molecule has 1 N–H and O–H groups in total. The Balaban J connectivity index is 0.00000261. The smallest absolute Gasteiger partial charge is 0.254 e. The molecule has 2 aromatic carbocycles. The number of ketones is 1. The van der Waals surface area contributed by atoms with Crippen molar-refractivity contribution < 1.29 is 9.59 Å². The van der Waals surface area contributed by atoms with E-state index in [2.05, 4.69) is 5.32 Å². The summed E-state index contributed by atoms with van der Waals surface area (Å²) in [7, 11) is 1.94. The molecule has 7 heteroatoms. The van der Waals surface area contributed by atoms with Crippen LogP contribution >= 0.6 is 35.6 Å². The normalized spacial score (nSPS) is 14.6. The summed E-state index contributed by atoms with van der Waals surface area (Å²) in [5.41, 5.74) is 1.21. The molecule has 27 heavy (non-hydrogen) atoms. The van der Waals surface area contributed by atoms with Crippen LogP contribution in [0.2, 0.25) is 10.0 Å². The molecule has 1 saturated heterocycles. The maximum Gasteiger partial charge on any atom is 0.254 e. The summed E-state index contributed by atoms with van der Waals surface area (Å²) in [5.74, 6) is -0.346. The van der Waals surface area contributed by atoms with Gasteiger partial charge in [0.1, 0.15) is 0 Å². The fourth-order valence-corrected chi connectivity index (χ4v) is 3.50. The summed E-state index contributed by atoms with van der Waals surface area (Å²) in [5, 5.41) is 3.95. The minimum atomic E-state index is -0.238. The molecule has 1 heterocycles. The van der Waals surface area contributed by atoms with Crippen LogP contribution in [-0.2, 0) is 0 Å². The second-order valence-electron chi connectivity index (χ2n) is 6.36. The van der Waals surface area contributed by atoms with E-state index in [-0.39, 0.29) is 24.1 Å². The van der Waals surface area contributed by atoms with Crippen molar-refractivity contribution in [2.75, 3.05) is 20.1 Å². The zero-order valence-corrected chi connectivity index (χ0v) is 17.2. The van der Waals surface area contributed by atoms with E-state index in [9.17, 15) is 9.59 Å². The Hall–Kier alpha value is -1.59. The Bertz CT molecular complexity index is 834. The average molecular weight is 428 g/mol. The van der Waals surface area contributed by atoms with E-state index in [1.807, 2.05) is 11.9 Å². The van der Waals surface area contributed by atoms with Crippen LogP contribution in [0.5, 0.6) is 0 Å². The minimum absolute atomic E-state index is 0. The number of halogens is 3. The number of hydrogen-bond donors (Lipinski definition) is 1. The van der Waals surface area contributed by atoms with E-state index in [0.29, 0.717) is 45.9 Å². The number of amides is 1. The van der Waals surface area contributed by atoms with Crippen LogP contribution in [0.3, 0.4) is 0 Å². The molecule has 2 aromatic rings. The molecule has 0 saturated carbocycles. The highest BCUT2D eigenvalue weighted by Gasteiger charge is 2.26. The second-order valence-corrected chi connectivity index (χ2v) is 7.17. The lowest BCUT2D eigenvalue weighted by atomic mass is 9.96. The lowest BCUT2D eigenvalue weighted by Crippen LogP contribution is -2.44. The van der Waals surface area contributed by atoms with Crippen molar-refractivity contribution in [2.45, 2.75) is 18.9 Å². The number of benzene rings is 2. The number of nitrogens with one attached hydrogen (secondary N) is 1. The Morgan fingerprint density at radius 1 is 1.00 bits per heavy atom. The molecule has 1 amide bonds. The third-order valence-electron chi connectivity index (χ3n) is 4.77. The van der Waals surface area contributed by atoms with Gasteiger partial charge in [0.25, 0.3) is 5.91 Å². The molecule has 3 rings (SSSR count). The number of carbonyl (C=O) groups is 2. The fourth-order valence-electron chi connectivity index (χ4n) is 3.20. The molecule has 1 aliphatic rings. The van der Waals surface area contributed by atoms with Gasteiger partial charge in [0, 0.05) is 30.3 Å². The van der Waals surface area contributed by atoms with Gasteiger partial charge in [0.05, 0.1) is 15.6 Å². The minimum Gasteiger partial charge on any atom is -0.339 e. The highest BCUT2D eigenvalue weighted by atomic mass is 35.5.